The molecular weight excluding hydrogens is 256 g/mol. The molecule has 0 aliphatic rings. The molecule has 0 spiro atoms. The molecule has 0 atom stereocenters. The van der Waals surface area contributed by atoms with E-state index < -0.39 is 11.4 Å². The van der Waals surface area contributed by atoms with Gasteiger partial charge in [-0.05, 0) is 43.4 Å². The lowest BCUT2D eigenvalue weighted by Gasteiger charge is -2.25. The molecular formula is C16H24O4. The first-order valence-electron chi connectivity index (χ1n) is 6.63. The van der Waals surface area contributed by atoms with Gasteiger partial charge in [0.15, 0.2) is 0 Å². The minimum Gasteiger partial charge on any atom is -0.508 e. The summed E-state index contributed by atoms with van der Waals surface area (Å²) in [6.07, 6.45) is 0.295. The van der Waals surface area contributed by atoms with E-state index in [0.29, 0.717) is 17.7 Å². The molecule has 2 N–H and O–H groups in total. The molecule has 0 radical (unpaired) electrons. The Morgan fingerprint density at radius 1 is 1.20 bits per heavy atom. The molecule has 4 nitrogen and oxygen atoms in total. The molecule has 0 unspecified atom stereocenters. The smallest absolute Gasteiger partial charge is 0.309 e. The van der Waals surface area contributed by atoms with Crippen molar-refractivity contribution in [3.63, 3.8) is 0 Å². The summed E-state index contributed by atoms with van der Waals surface area (Å²) in [4.78, 5) is 11.2. The van der Waals surface area contributed by atoms with E-state index in [9.17, 15) is 15.0 Å². The van der Waals surface area contributed by atoms with E-state index in [-0.39, 0.29) is 11.2 Å². The largest absolute Gasteiger partial charge is 0.508 e. The van der Waals surface area contributed by atoms with Gasteiger partial charge >= 0.3 is 5.97 Å². The number of phenols is 1. The average molecular weight is 280 g/mol. The van der Waals surface area contributed by atoms with Crippen LogP contribution in [0.3, 0.4) is 0 Å². The second-order valence-electron chi connectivity index (χ2n) is 6.80. The lowest BCUT2D eigenvalue weighted by Crippen LogP contribution is -2.26. The summed E-state index contributed by atoms with van der Waals surface area (Å²) in [5, 5.41) is 19.4. The number of hydrogen-bond acceptors (Lipinski definition) is 3. The molecule has 0 saturated heterocycles. The highest BCUT2D eigenvalue weighted by atomic mass is 16.5. The Kier molecular flexibility index (Phi) is 4.37. The van der Waals surface area contributed by atoms with Crippen molar-refractivity contribution in [3.05, 3.63) is 23.3 Å². The molecule has 1 aromatic rings. The molecule has 0 aliphatic heterocycles. The number of carboxylic acids is 1. The van der Waals surface area contributed by atoms with Gasteiger partial charge in [0, 0.05) is 5.56 Å². The Morgan fingerprint density at radius 2 is 1.75 bits per heavy atom. The van der Waals surface area contributed by atoms with Gasteiger partial charge in [-0.15, -0.1) is 0 Å². The highest BCUT2D eigenvalue weighted by molar-refractivity contribution is 5.74. The Balaban J connectivity index is 3.30. The van der Waals surface area contributed by atoms with E-state index in [4.69, 9.17) is 4.74 Å². The van der Waals surface area contributed by atoms with Gasteiger partial charge in [0.2, 0.25) is 0 Å². The first-order chi connectivity index (χ1) is 8.99. The summed E-state index contributed by atoms with van der Waals surface area (Å²) in [6, 6.07) is 3.41. The molecule has 20 heavy (non-hydrogen) atoms. The minimum atomic E-state index is -0.914. The Hall–Kier alpha value is -1.71. The van der Waals surface area contributed by atoms with Crippen molar-refractivity contribution in [1.29, 1.82) is 0 Å². The van der Waals surface area contributed by atoms with E-state index in [0.717, 1.165) is 5.56 Å². The lowest BCUT2D eigenvalue weighted by molar-refractivity contribution is -0.146. The molecule has 0 bridgehead atoms. The number of ether oxygens (including phenoxy) is 1. The first kappa shape index (κ1) is 16.3. The molecule has 1 aromatic carbocycles. The number of hydrogen-bond donors (Lipinski definition) is 2. The highest BCUT2D eigenvalue weighted by Crippen LogP contribution is 2.38. The summed E-state index contributed by atoms with van der Waals surface area (Å²) < 4.78 is 5.36. The summed E-state index contributed by atoms with van der Waals surface area (Å²) in [6.45, 7) is 9.32. The molecule has 0 aliphatic carbocycles. The first-order valence-corrected chi connectivity index (χ1v) is 6.63. The average Bonchev–Trinajstić information content (AvgIpc) is 2.26. The van der Waals surface area contributed by atoms with Crippen LogP contribution in [0.5, 0.6) is 11.5 Å². The van der Waals surface area contributed by atoms with Crippen LogP contribution in [-0.4, -0.2) is 23.3 Å². The predicted octanol–water partition coefficient (Wildman–Crippen LogP) is 3.35. The molecule has 0 fully saturated rings. The fraction of sp³-hybridized carbons (Fsp3) is 0.562. The number of rotatable bonds is 4. The van der Waals surface area contributed by atoms with Gasteiger partial charge < -0.3 is 14.9 Å². The molecule has 0 amide bonds. The summed E-state index contributed by atoms with van der Waals surface area (Å²) in [7, 11) is 1.55. The van der Waals surface area contributed by atoms with E-state index >= 15 is 0 Å². The Morgan fingerprint density at radius 3 is 2.15 bits per heavy atom. The third-order valence-corrected chi connectivity index (χ3v) is 3.42. The van der Waals surface area contributed by atoms with Crippen molar-refractivity contribution in [1.82, 2.24) is 0 Å². The Bertz CT molecular complexity index is 510. The number of aromatic hydroxyl groups is 1. The zero-order chi connectivity index (χ0) is 15.7. The van der Waals surface area contributed by atoms with Gasteiger partial charge in [-0.3, -0.25) is 4.79 Å². The highest BCUT2D eigenvalue weighted by Gasteiger charge is 2.30. The number of phenolic OH excluding ortho intramolecular Hbond substituents is 1. The zero-order valence-electron chi connectivity index (χ0n) is 13.1. The van der Waals surface area contributed by atoms with Crippen LogP contribution < -0.4 is 4.74 Å². The lowest BCUT2D eigenvalue weighted by atomic mass is 9.82. The fourth-order valence-corrected chi connectivity index (χ4v) is 2.09. The second kappa shape index (κ2) is 5.35. The van der Waals surface area contributed by atoms with E-state index in [1.165, 1.54) is 0 Å². The van der Waals surface area contributed by atoms with Crippen molar-refractivity contribution in [3.8, 4) is 11.5 Å². The summed E-state index contributed by atoms with van der Waals surface area (Å²) in [5.41, 5.74) is 0.359. The number of carboxylic acid groups (broad SMARTS) is 1. The van der Waals surface area contributed by atoms with Crippen LogP contribution in [0.15, 0.2) is 12.1 Å². The van der Waals surface area contributed by atoms with Crippen LogP contribution in [0.25, 0.3) is 0 Å². The van der Waals surface area contributed by atoms with Gasteiger partial charge in [-0.25, -0.2) is 0 Å². The van der Waals surface area contributed by atoms with Crippen LogP contribution in [0, 0.1) is 5.41 Å². The van der Waals surface area contributed by atoms with Crippen molar-refractivity contribution < 1.29 is 19.7 Å². The van der Waals surface area contributed by atoms with E-state index in [1.54, 1.807) is 33.1 Å². The van der Waals surface area contributed by atoms with Gasteiger partial charge in [0.25, 0.3) is 0 Å². The van der Waals surface area contributed by atoms with Crippen LogP contribution in [0.1, 0.15) is 45.7 Å². The SMILES string of the molecule is COc1cc(C(C)(C)C)c(O)cc1CC(C)(C)C(=O)O. The fourth-order valence-electron chi connectivity index (χ4n) is 2.09. The zero-order valence-corrected chi connectivity index (χ0v) is 13.1. The number of methoxy groups -OCH3 is 1. The topological polar surface area (TPSA) is 66.8 Å². The quantitative estimate of drug-likeness (QED) is 0.887. The standard InChI is InChI=1S/C16H24O4/c1-15(2,3)11-8-13(20-6)10(7-12(11)17)9-16(4,5)14(18)19/h7-8,17H,9H2,1-6H3,(H,18,19). The Labute approximate surface area is 120 Å². The van der Waals surface area contributed by atoms with E-state index in [2.05, 4.69) is 0 Å². The molecule has 0 aromatic heterocycles. The van der Waals surface area contributed by atoms with Crippen LogP contribution in [0.2, 0.25) is 0 Å². The van der Waals surface area contributed by atoms with Gasteiger partial charge in [0.1, 0.15) is 11.5 Å². The second-order valence-corrected chi connectivity index (χ2v) is 6.80. The maximum Gasteiger partial charge on any atom is 0.309 e. The van der Waals surface area contributed by atoms with Crippen LogP contribution >= 0.6 is 0 Å². The van der Waals surface area contributed by atoms with Gasteiger partial charge in [-0.2, -0.15) is 0 Å². The maximum atomic E-state index is 11.2. The summed E-state index contributed by atoms with van der Waals surface area (Å²) >= 11 is 0. The molecule has 0 heterocycles. The molecule has 1 rings (SSSR count). The summed E-state index contributed by atoms with van der Waals surface area (Å²) in [5.74, 6) is -0.0875. The minimum absolute atomic E-state index is 0.175. The number of aliphatic carboxylic acids is 1. The normalized spacial score (nSPS) is 12.3. The van der Waals surface area contributed by atoms with Gasteiger partial charge in [0.05, 0.1) is 12.5 Å². The molecule has 4 heteroatoms. The van der Waals surface area contributed by atoms with Crippen molar-refractivity contribution in [2.45, 2.75) is 46.5 Å². The predicted molar refractivity (Wildman–Crippen MR) is 78.5 cm³/mol. The molecule has 0 saturated carbocycles. The van der Waals surface area contributed by atoms with Crippen LogP contribution in [-0.2, 0) is 16.6 Å². The van der Waals surface area contributed by atoms with Crippen molar-refractivity contribution in [2.75, 3.05) is 7.11 Å². The maximum absolute atomic E-state index is 11.2. The van der Waals surface area contributed by atoms with Gasteiger partial charge in [-0.1, -0.05) is 20.8 Å². The van der Waals surface area contributed by atoms with E-state index in [1.807, 2.05) is 20.8 Å². The number of benzene rings is 1. The number of carbonyl (C=O) groups is 1. The van der Waals surface area contributed by atoms with Crippen LogP contribution in [0.4, 0.5) is 0 Å². The third kappa shape index (κ3) is 3.44. The third-order valence-electron chi connectivity index (χ3n) is 3.42. The van der Waals surface area contributed by atoms with Crippen molar-refractivity contribution in [2.24, 2.45) is 5.41 Å². The monoisotopic (exact) mass is 280 g/mol. The molecule has 112 valence electrons. The van der Waals surface area contributed by atoms with Crippen molar-refractivity contribution >= 4 is 5.97 Å².